The van der Waals surface area contributed by atoms with E-state index in [4.69, 9.17) is 0 Å². The minimum Gasteiger partial charge on any atom is -0.347 e. The average molecular weight is 232 g/mol. The van der Waals surface area contributed by atoms with E-state index in [9.17, 15) is 0 Å². The lowest BCUT2D eigenvalue weighted by molar-refractivity contribution is 0.780. The summed E-state index contributed by atoms with van der Waals surface area (Å²) < 4.78 is 2.28. The van der Waals surface area contributed by atoms with Crippen LogP contribution in [-0.2, 0) is 6.54 Å². The predicted molar refractivity (Wildman–Crippen MR) is 75.5 cm³/mol. The Morgan fingerprint density at radius 1 is 1.24 bits per heavy atom. The molecule has 2 rings (SSSR count). The summed E-state index contributed by atoms with van der Waals surface area (Å²) in [5.41, 5.74) is 2.70. The summed E-state index contributed by atoms with van der Waals surface area (Å²) in [7, 11) is 0. The van der Waals surface area contributed by atoms with Crippen molar-refractivity contribution >= 4 is 10.9 Å². The Morgan fingerprint density at radius 2 is 1.88 bits per heavy atom. The fourth-order valence-electron chi connectivity index (χ4n) is 1.89. The molecule has 2 heteroatoms. The monoisotopic (exact) mass is 232 g/mol. The molecule has 0 aliphatic rings. The summed E-state index contributed by atoms with van der Waals surface area (Å²) in [5, 5.41) is 1.30. The van der Waals surface area contributed by atoms with Gasteiger partial charge in [-0.15, -0.1) is 0 Å². The van der Waals surface area contributed by atoms with Crippen LogP contribution in [0, 0.1) is 0 Å². The highest BCUT2D eigenvalue weighted by molar-refractivity contribution is 5.83. The summed E-state index contributed by atoms with van der Waals surface area (Å²) in [6.45, 7) is 11.9. The molecule has 0 N–H and O–H groups in total. The standard InChI is InChI=1S/C12H16N2.C3H8/c1-4-14-8-11(9(2)3)10-7-13-6-5-12(10)14;1-3-2/h5-9H,4H2,1-3H3;3H2,1-2H3. The van der Waals surface area contributed by atoms with E-state index in [0.717, 1.165) is 6.54 Å². The zero-order chi connectivity index (χ0) is 12.8. The molecule has 0 spiro atoms. The van der Waals surface area contributed by atoms with Crippen molar-refractivity contribution in [1.29, 1.82) is 0 Å². The van der Waals surface area contributed by atoms with Crippen LogP contribution in [0.5, 0.6) is 0 Å². The van der Waals surface area contributed by atoms with Crippen LogP contribution in [0.25, 0.3) is 10.9 Å². The van der Waals surface area contributed by atoms with Gasteiger partial charge in [0.05, 0.1) is 5.52 Å². The van der Waals surface area contributed by atoms with E-state index in [0.29, 0.717) is 5.92 Å². The maximum Gasteiger partial charge on any atom is 0.0514 e. The van der Waals surface area contributed by atoms with E-state index in [1.54, 1.807) is 0 Å². The summed E-state index contributed by atoms with van der Waals surface area (Å²) in [5.74, 6) is 0.564. The maximum absolute atomic E-state index is 4.19. The van der Waals surface area contributed by atoms with E-state index < -0.39 is 0 Å². The van der Waals surface area contributed by atoms with Crippen LogP contribution in [-0.4, -0.2) is 9.55 Å². The number of nitrogens with zero attached hydrogens (tertiary/aromatic N) is 2. The van der Waals surface area contributed by atoms with Crippen molar-refractivity contribution in [3.63, 3.8) is 0 Å². The third kappa shape index (κ3) is 3.09. The predicted octanol–water partition coefficient (Wildman–Crippen LogP) is 4.60. The molecule has 0 atom stereocenters. The Labute approximate surface area is 105 Å². The lowest BCUT2D eigenvalue weighted by atomic mass is 10.0. The number of aromatic nitrogens is 2. The topological polar surface area (TPSA) is 17.8 Å². The number of rotatable bonds is 2. The van der Waals surface area contributed by atoms with E-state index in [1.807, 2.05) is 12.4 Å². The highest BCUT2D eigenvalue weighted by Gasteiger charge is 2.09. The van der Waals surface area contributed by atoms with Gasteiger partial charge in [0.15, 0.2) is 0 Å². The van der Waals surface area contributed by atoms with Gasteiger partial charge in [0.1, 0.15) is 0 Å². The quantitative estimate of drug-likeness (QED) is 0.740. The van der Waals surface area contributed by atoms with Crippen LogP contribution in [0.15, 0.2) is 24.7 Å². The first-order valence-corrected chi connectivity index (χ1v) is 6.58. The van der Waals surface area contributed by atoms with Gasteiger partial charge in [-0.1, -0.05) is 34.1 Å². The van der Waals surface area contributed by atoms with Gasteiger partial charge in [-0.25, -0.2) is 0 Å². The van der Waals surface area contributed by atoms with E-state index in [2.05, 4.69) is 56.4 Å². The van der Waals surface area contributed by atoms with Crippen molar-refractivity contribution in [3.05, 3.63) is 30.2 Å². The van der Waals surface area contributed by atoms with Crippen LogP contribution in [0.4, 0.5) is 0 Å². The molecule has 0 aliphatic heterocycles. The third-order valence-corrected chi connectivity index (χ3v) is 2.68. The van der Waals surface area contributed by atoms with Crippen molar-refractivity contribution in [2.24, 2.45) is 0 Å². The van der Waals surface area contributed by atoms with Gasteiger partial charge >= 0.3 is 0 Å². The van der Waals surface area contributed by atoms with Crippen molar-refractivity contribution in [2.45, 2.75) is 53.5 Å². The molecule has 0 amide bonds. The molecule has 0 saturated heterocycles. The van der Waals surface area contributed by atoms with E-state index >= 15 is 0 Å². The summed E-state index contributed by atoms with van der Waals surface area (Å²) in [6.07, 6.45) is 7.33. The second-order valence-corrected chi connectivity index (χ2v) is 4.63. The Hall–Kier alpha value is -1.31. The van der Waals surface area contributed by atoms with Crippen LogP contribution in [0.1, 0.15) is 52.5 Å². The third-order valence-electron chi connectivity index (χ3n) is 2.68. The summed E-state index contributed by atoms with van der Waals surface area (Å²) in [6, 6.07) is 2.09. The zero-order valence-electron chi connectivity index (χ0n) is 11.7. The van der Waals surface area contributed by atoms with Gasteiger partial charge in [-0.3, -0.25) is 4.98 Å². The zero-order valence-corrected chi connectivity index (χ0v) is 11.7. The molecule has 0 radical (unpaired) electrons. The van der Waals surface area contributed by atoms with Gasteiger partial charge < -0.3 is 4.57 Å². The average Bonchev–Trinajstić information content (AvgIpc) is 2.69. The minimum atomic E-state index is 0.564. The lowest BCUT2D eigenvalue weighted by Gasteiger charge is -2.00. The second-order valence-electron chi connectivity index (χ2n) is 4.63. The minimum absolute atomic E-state index is 0.564. The molecule has 2 heterocycles. The summed E-state index contributed by atoms with van der Waals surface area (Å²) >= 11 is 0. The van der Waals surface area contributed by atoms with Gasteiger partial charge in [0, 0.05) is 30.5 Å². The number of hydrogen-bond acceptors (Lipinski definition) is 1. The van der Waals surface area contributed by atoms with Crippen molar-refractivity contribution in [2.75, 3.05) is 0 Å². The van der Waals surface area contributed by atoms with Gasteiger partial charge in [-0.2, -0.15) is 0 Å². The number of hydrogen-bond donors (Lipinski definition) is 0. The molecular formula is C15H24N2. The van der Waals surface area contributed by atoms with Gasteiger partial charge in [-0.05, 0) is 24.5 Å². The van der Waals surface area contributed by atoms with Crippen molar-refractivity contribution in [1.82, 2.24) is 9.55 Å². The molecule has 2 aromatic heterocycles. The van der Waals surface area contributed by atoms with E-state index in [-0.39, 0.29) is 0 Å². The SMILES string of the molecule is CCC.CCn1cc(C(C)C)c2cnccc21. The largest absolute Gasteiger partial charge is 0.347 e. The Kier molecular flexibility index (Phi) is 5.20. The first kappa shape index (κ1) is 13.8. The maximum atomic E-state index is 4.19. The number of fused-ring (bicyclic) bond motifs is 1. The lowest BCUT2D eigenvalue weighted by Crippen LogP contribution is -1.90. The van der Waals surface area contributed by atoms with Crippen LogP contribution in [0.3, 0.4) is 0 Å². The molecule has 0 aromatic carbocycles. The van der Waals surface area contributed by atoms with Crippen LogP contribution >= 0.6 is 0 Å². The second kappa shape index (κ2) is 6.43. The fraction of sp³-hybridized carbons (Fsp3) is 0.533. The van der Waals surface area contributed by atoms with Crippen molar-refractivity contribution in [3.8, 4) is 0 Å². The van der Waals surface area contributed by atoms with Gasteiger partial charge in [0.2, 0.25) is 0 Å². The molecule has 0 fully saturated rings. The first-order chi connectivity index (χ1) is 8.15. The molecule has 2 nitrogen and oxygen atoms in total. The molecular weight excluding hydrogens is 208 g/mol. The molecule has 0 aliphatic carbocycles. The Morgan fingerprint density at radius 3 is 2.41 bits per heavy atom. The van der Waals surface area contributed by atoms with Crippen LogP contribution < -0.4 is 0 Å². The van der Waals surface area contributed by atoms with Crippen molar-refractivity contribution < 1.29 is 0 Å². The number of aryl methyl sites for hydroxylation is 1. The molecule has 0 saturated carbocycles. The first-order valence-electron chi connectivity index (χ1n) is 6.58. The highest BCUT2D eigenvalue weighted by Crippen LogP contribution is 2.26. The molecule has 94 valence electrons. The molecule has 17 heavy (non-hydrogen) atoms. The Balaban J connectivity index is 0.000000437. The summed E-state index contributed by atoms with van der Waals surface area (Å²) in [4.78, 5) is 4.19. The molecule has 0 bridgehead atoms. The normalized spacial score (nSPS) is 10.5. The Bertz CT molecular complexity index is 455. The van der Waals surface area contributed by atoms with Crippen LogP contribution in [0.2, 0.25) is 0 Å². The molecule has 2 aromatic rings. The number of pyridine rings is 1. The fourth-order valence-corrected chi connectivity index (χ4v) is 1.89. The molecule has 0 unspecified atom stereocenters. The highest BCUT2D eigenvalue weighted by atomic mass is 15.0. The van der Waals surface area contributed by atoms with E-state index in [1.165, 1.54) is 22.9 Å². The van der Waals surface area contributed by atoms with Gasteiger partial charge in [0.25, 0.3) is 0 Å². The smallest absolute Gasteiger partial charge is 0.0514 e.